The minimum absolute atomic E-state index is 0.0609. The van der Waals surface area contributed by atoms with Crippen LogP contribution in [-0.2, 0) is 22.6 Å². The Labute approximate surface area is 233 Å². The summed E-state index contributed by atoms with van der Waals surface area (Å²) in [4.78, 5) is 31.7. The van der Waals surface area contributed by atoms with Crippen LogP contribution in [0.2, 0.25) is 0 Å². The van der Waals surface area contributed by atoms with Gasteiger partial charge in [-0.25, -0.2) is 4.39 Å². The average Bonchev–Trinajstić information content (AvgIpc) is 3.37. The van der Waals surface area contributed by atoms with Crippen LogP contribution in [-0.4, -0.2) is 48.4 Å². The van der Waals surface area contributed by atoms with E-state index in [0.29, 0.717) is 38.2 Å². The molecule has 0 N–H and O–H groups in total. The fourth-order valence-corrected chi connectivity index (χ4v) is 5.24. The Morgan fingerprint density at radius 1 is 0.846 bits per heavy atom. The fraction of sp³-hybridized carbons (Fsp3) is 0.250. The summed E-state index contributed by atoms with van der Waals surface area (Å²) in [5, 5.41) is 2.00. The first-order valence-corrected chi connectivity index (χ1v) is 13.8. The van der Waals surface area contributed by atoms with Gasteiger partial charge in [0.2, 0.25) is 5.91 Å². The topological polar surface area (TPSA) is 49.9 Å². The summed E-state index contributed by atoms with van der Waals surface area (Å²) in [6.07, 6.45) is 0.611. The Morgan fingerprint density at radius 3 is 2.18 bits per heavy atom. The first-order valence-electron chi connectivity index (χ1n) is 12.9. The van der Waals surface area contributed by atoms with Gasteiger partial charge in [-0.2, -0.15) is 0 Å². The molecule has 0 spiro atoms. The highest BCUT2D eigenvalue weighted by Gasteiger charge is 2.23. The highest BCUT2D eigenvalue weighted by Crippen LogP contribution is 2.22. The van der Waals surface area contributed by atoms with Crippen molar-refractivity contribution in [2.24, 2.45) is 0 Å². The molecule has 1 heterocycles. The van der Waals surface area contributed by atoms with Crippen LogP contribution in [0, 0.1) is 12.7 Å². The zero-order valence-corrected chi connectivity index (χ0v) is 23.1. The normalized spacial score (nSPS) is 10.8. The molecule has 0 saturated carbocycles. The van der Waals surface area contributed by atoms with E-state index in [0.717, 1.165) is 27.1 Å². The Balaban J connectivity index is 1.54. The number of hydrogen-bond acceptors (Lipinski definition) is 4. The number of rotatable bonds is 12. The van der Waals surface area contributed by atoms with E-state index < -0.39 is 0 Å². The molecule has 0 atom stereocenters. The minimum atomic E-state index is -0.320. The molecule has 202 valence electrons. The van der Waals surface area contributed by atoms with E-state index >= 15 is 0 Å². The van der Waals surface area contributed by atoms with E-state index in [9.17, 15) is 14.0 Å². The van der Waals surface area contributed by atoms with Crippen molar-refractivity contribution in [2.75, 3.05) is 26.8 Å². The van der Waals surface area contributed by atoms with Gasteiger partial charge < -0.3 is 14.5 Å². The van der Waals surface area contributed by atoms with Crippen LogP contribution in [0.5, 0.6) is 0 Å². The van der Waals surface area contributed by atoms with E-state index in [1.54, 1.807) is 40.4 Å². The minimum Gasteiger partial charge on any atom is -0.385 e. The number of carbonyl (C=O) groups is 2. The number of carbonyl (C=O) groups excluding carboxylic acids is 2. The number of aryl methyl sites for hydroxylation is 1. The second kappa shape index (κ2) is 13.8. The molecule has 7 heteroatoms. The predicted octanol–water partition coefficient (Wildman–Crippen LogP) is 6.57. The van der Waals surface area contributed by atoms with Gasteiger partial charge in [-0.3, -0.25) is 9.59 Å². The molecule has 0 saturated heterocycles. The first kappa shape index (κ1) is 28.2. The Morgan fingerprint density at radius 2 is 1.54 bits per heavy atom. The first-order chi connectivity index (χ1) is 18.9. The fourth-order valence-electron chi connectivity index (χ4n) is 4.32. The summed E-state index contributed by atoms with van der Waals surface area (Å²) in [5.41, 5.74) is 4.56. The van der Waals surface area contributed by atoms with Crippen molar-refractivity contribution in [3.8, 4) is 11.1 Å². The van der Waals surface area contributed by atoms with Crippen LogP contribution >= 0.6 is 11.3 Å². The largest absolute Gasteiger partial charge is 0.385 e. The molecule has 0 bridgehead atoms. The molecule has 0 aliphatic rings. The summed E-state index contributed by atoms with van der Waals surface area (Å²) in [6.45, 7) is 3.58. The molecule has 0 fully saturated rings. The maximum absolute atomic E-state index is 13.7. The monoisotopic (exact) mass is 544 g/mol. The standard InChI is InChI=1S/C32H33FN2O3S/c1-24-17-20-39-30(24)22-35(21-25-9-15-29(33)16-10-25)31(36)23-34(18-6-19-38-2)32(37)28-13-11-27(12-14-28)26-7-4-3-5-8-26/h3-5,7-17,20H,6,18-19,21-23H2,1-2H3. The maximum Gasteiger partial charge on any atom is 0.254 e. The predicted molar refractivity (Wildman–Crippen MR) is 154 cm³/mol. The van der Waals surface area contributed by atoms with Crippen LogP contribution < -0.4 is 0 Å². The van der Waals surface area contributed by atoms with Gasteiger partial charge >= 0.3 is 0 Å². The zero-order chi connectivity index (χ0) is 27.6. The number of thiophene rings is 1. The van der Waals surface area contributed by atoms with E-state index in [1.165, 1.54) is 12.1 Å². The van der Waals surface area contributed by atoms with Crippen molar-refractivity contribution in [3.63, 3.8) is 0 Å². The third-order valence-corrected chi connectivity index (χ3v) is 7.58. The van der Waals surface area contributed by atoms with Crippen LogP contribution in [0.3, 0.4) is 0 Å². The third-order valence-electron chi connectivity index (χ3n) is 6.57. The van der Waals surface area contributed by atoms with Gasteiger partial charge in [-0.05, 0) is 71.3 Å². The number of benzene rings is 3. The molecule has 4 rings (SSSR count). The number of hydrogen-bond donors (Lipinski definition) is 0. The molecule has 0 unspecified atom stereocenters. The molecule has 3 aromatic carbocycles. The second-order valence-corrected chi connectivity index (χ2v) is 10.4. The zero-order valence-electron chi connectivity index (χ0n) is 22.3. The third kappa shape index (κ3) is 7.85. The number of amides is 2. The van der Waals surface area contributed by atoms with E-state index in [2.05, 4.69) is 0 Å². The quantitative estimate of drug-likeness (QED) is 0.190. The summed E-state index contributed by atoms with van der Waals surface area (Å²) in [6, 6.07) is 25.6. The summed E-state index contributed by atoms with van der Waals surface area (Å²) in [7, 11) is 1.62. The summed E-state index contributed by atoms with van der Waals surface area (Å²) in [5.74, 6) is -0.689. The molecule has 5 nitrogen and oxygen atoms in total. The smallest absolute Gasteiger partial charge is 0.254 e. The van der Waals surface area contributed by atoms with Crippen LogP contribution in [0.1, 0.15) is 32.8 Å². The number of ether oxygens (including phenoxy) is 1. The summed E-state index contributed by atoms with van der Waals surface area (Å²) >= 11 is 1.60. The van der Waals surface area contributed by atoms with Gasteiger partial charge in [0.05, 0.1) is 6.54 Å². The lowest BCUT2D eigenvalue weighted by atomic mass is 10.0. The average molecular weight is 545 g/mol. The van der Waals surface area contributed by atoms with Gasteiger partial charge in [0.15, 0.2) is 0 Å². The lowest BCUT2D eigenvalue weighted by Gasteiger charge is -2.28. The Kier molecular flexibility index (Phi) is 10.00. The molecule has 0 aliphatic carbocycles. The number of halogens is 1. The molecular weight excluding hydrogens is 511 g/mol. The lowest BCUT2D eigenvalue weighted by Crippen LogP contribution is -2.43. The highest BCUT2D eigenvalue weighted by molar-refractivity contribution is 7.10. The highest BCUT2D eigenvalue weighted by atomic mass is 32.1. The van der Waals surface area contributed by atoms with Crippen molar-refractivity contribution in [1.29, 1.82) is 0 Å². The molecular formula is C32H33FN2O3S. The van der Waals surface area contributed by atoms with Gasteiger partial charge in [0.25, 0.3) is 5.91 Å². The summed E-state index contributed by atoms with van der Waals surface area (Å²) < 4.78 is 18.7. The Hall–Kier alpha value is -3.81. The lowest BCUT2D eigenvalue weighted by molar-refractivity contribution is -0.133. The number of nitrogens with zero attached hydrogens (tertiary/aromatic N) is 2. The molecule has 0 aliphatic heterocycles. The molecule has 1 aromatic heterocycles. The molecule has 2 amide bonds. The molecule has 0 radical (unpaired) electrons. The van der Waals surface area contributed by atoms with Crippen molar-refractivity contribution in [1.82, 2.24) is 9.80 Å². The number of methoxy groups -OCH3 is 1. The van der Waals surface area contributed by atoms with Crippen molar-refractivity contribution >= 4 is 23.2 Å². The van der Waals surface area contributed by atoms with Crippen molar-refractivity contribution in [3.05, 3.63) is 118 Å². The van der Waals surface area contributed by atoms with Gasteiger partial charge in [0, 0.05) is 37.2 Å². The van der Waals surface area contributed by atoms with Gasteiger partial charge in [-0.1, -0.05) is 54.6 Å². The molecule has 4 aromatic rings. The van der Waals surface area contributed by atoms with E-state index in [4.69, 9.17) is 4.74 Å². The van der Waals surface area contributed by atoms with E-state index in [-0.39, 0.29) is 24.2 Å². The van der Waals surface area contributed by atoms with E-state index in [1.807, 2.05) is 73.0 Å². The van der Waals surface area contributed by atoms with Gasteiger partial charge in [-0.15, -0.1) is 11.3 Å². The van der Waals surface area contributed by atoms with Crippen LogP contribution in [0.25, 0.3) is 11.1 Å². The molecule has 39 heavy (non-hydrogen) atoms. The van der Waals surface area contributed by atoms with Gasteiger partial charge in [0.1, 0.15) is 12.4 Å². The second-order valence-electron chi connectivity index (χ2n) is 9.42. The SMILES string of the molecule is COCCCN(CC(=O)N(Cc1ccc(F)cc1)Cc1sccc1C)C(=O)c1ccc(-c2ccccc2)cc1. The van der Waals surface area contributed by atoms with Crippen molar-refractivity contribution in [2.45, 2.75) is 26.4 Å². The maximum atomic E-state index is 13.7. The van der Waals surface area contributed by atoms with Crippen molar-refractivity contribution < 1.29 is 18.7 Å². The van der Waals surface area contributed by atoms with Crippen LogP contribution in [0.15, 0.2) is 90.3 Å². The Bertz CT molecular complexity index is 1350. The van der Waals surface area contributed by atoms with Crippen LogP contribution in [0.4, 0.5) is 4.39 Å².